The minimum absolute atomic E-state index is 0.107. The Labute approximate surface area is 106 Å². The Morgan fingerprint density at radius 3 is 2.88 bits per heavy atom. The fourth-order valence-corrected chi connectivity index (χ4v) is 1.52. The molecule has 0 aliphatic carbocycles. The van der Waals surface area contributed by atoms with Crippen LogP contribution in [0, 0.1) is 0 Å². The Bertz CT molecular complexity index is 396. The summed E-state index contributed by atoms with van der Waals surface area (Å²) in [4.78, 5) is 11.8. The molecular weight excluding hydrogens is 236 g/mol. The molecule has 0 saturated heterocycles. The van der Waals surface area contributed by atoms with Crippen molar-refractivity contribution in [2.75, 3.05) is 25.6 Å². The highest BCUT2D eigenvalue weighted by Gasteiger charge is 2.09. The summed E-state index contributed by atoms with van der Waals surface area (Å²) in [6.45, 7) is 2.71. The van der Waals surface area contributed by atoms with Crippen molar-refractivity contribution in [3.05, 3.63) is 23.8 Å². The molecular formula is C12H18N2O2S. The third-order valence-electron chi connectivity index (χ3n) is 2.45. The molecule has 0 aromatic heterocycles. The summed E-state index contributed by atoms with van der Waals surface area (Å²) in [5.74, 6) is 0.416. The van der Waals surface area contributed by atoms with Crippen molar-refractivity contribution in [2.45, 2.75) is 12.2 Å². The lowest BCUT2D eigenvalue weighted by atomic mass is 10.2. The van der Waals surface area contributed by atoms with Gasteiger partial charge in [0, 0.05) is 17.4 Å². The van der Waals surface area contributed by atoms with E-state index in [1.165, 1.54) is 7.11 Å². The Kier molecular flexibility index (Phi) is 5.15. The van der Waals surface area contributed by atoms with E-state index in [9.17, 15) is 4.79 Å². The second-order valence-electron chi connectivity index (χ2n) is 3.71. The number of carbonyl (C=O) groups is 1. The van der Waals surface area contributed by atoms with Crippen LogP contribution < -0.4 is 15.8 Å². The number of thioether (sulfide) groups is 1. The molecule has 1 aromatic rings. The van der Waals surface area contributed by atoms with Gasteiger partial charge in [-0.15, -0.1) is 0 Å². The first-order chi connectivity index (χ1) is 8.08. The van der Waals surface area contributed by atoms with E-state index in [0.29, 0.717) is 28.8 Å². The number of hydrogen-bond acceptors (Lipinski definition) is 4. The topological polar surface area (TPSA) is 64.3 Å². The zero-order chi connectivity index (χ0) is 12.8. The van der Waals surface area contributed by atoms with Gasteiger partial charge in [0.2, 0.25) is 0 Å². The first-order valence-corrected chi connectivity index (χ1v) is 6.61. The minimum Gasteiger partial charge on any atom is -0.495 e. The van der Waals surface area contributed by atoms with Gasteiger partial charge in [-0.3, -0.25) is 4.79 Å². The maximum absolute atomic E-state index is 11.8. The van der Waals surface area contributed by atoms with Crippen LogP contribution in [0.3, 0.4) is 0 Å². The van der Waals surface area contributed by atoms with Gasteiger partial charge in [0.25, 0.3) is 5.91 Å². The number of methoxy groups -OCH3 is 1. The third-order valence-corrected chi connectivity index (χ3v) is 3.42. The average molecular weight is 254 g/mol. The van der Waals surface area contributed by atoms with E-state index in [2.05, 4.69) is 12.2 Å². The number of hydrogen-bond donors (Lipinski definition) is 2. The van der Waals surface area contributed by atoms with Crippen molar-refractivity contribution in [3.63, 3.8) is 0 Å². The number of rotatable bonds is 5. The highest BCUT2D eigenvalue weighted by Crippen LogP contribution is 2.22. The summed E-state index contributed by atoms with van der Waals surface area (Å²) in [5.41, 5.74) is 6.77. The smallest absolute Gasteiger partial charge is 0.251 e. The highest BCUT2D eigenvalue weighted by molar-refractivity contribution is 7.99. The van der Waals surface area contributed by atoms with E-state index >= 15 is 0 Å². The van der Waals surface area contributed by atoms with Gasteiger partial charge in [0.15, 0.2) is 0 Å². The van der Waals surface area contributed by atoms with Gasteiger partial charge < -0.3 is 15.8 Å². The normalized spacial score (nSPS) is 11.9. The average Bonchev–Trinajstić information content (AvgIpc) is 2.35. The van der Waals surface area contributed by atoms with Crippen molar-refractivity contribution >= 4 is 23.4 Å². The molecule has 5 heteroatoms. The maximum Gasteiger partial charge on any atom is 0.251 e. The fraction of sp³-hybridized carbons (Fsp3) is 0.417. The quantitative estimate of drug-likeness (QED) is 0.786. The van der Waals surface area contributed by atoms with Gasteiger partial charge in [-0.1, -0.05) is 6.92 Å². The van der Waals surface area contributed by atoms with E-state index in [1.807, 2.05) is 6.26 Å². The fourth-order valence-electron chi connectivity index (χ4n) is 1.27. The van der Waals surface area contributed by atoms with Gasteiger partial charge in [-0.05, 0) is 24.5 Å². The molecule has 0 saturated carbocycles. The number of amides is 1. The molecule has 0 aliphatic heterocycles. The molecule has 0 heterocycles. The Morgan fingerprint density at radius 1 is 1.59 bits per heavy atom. The van der Waals surface area contributed by atoms with Crippen LogP contribution in [0.2, 0.25) is 0 Å². The molecule has 1 rings (SSSR count). The predicted octanol–water partition coefficient (Wildman–Crippen LogP) is 1.76. The molecule has 1 atom stereocenters. The second kappa shape index (κ2) is 6.39. The van der Waals surface area contributed by atoms with Gasteiger partial charge in [0.05, 0.1) is 12.8 Å². The lowest BCUT2D eigenvalue weighted by Gasteiger charge is -2.11. The molecule has 4 nitrogen and oxygen atoms in total. The van der Waals surface area contributed by atoms with E-state index in [1.54, 1.807) is 30.0 Å². The predicted molar refractivity (Wildman–Crippen MR) is 72.7 cm³/mol. The molecule has 3 N–H and O–H groups in total. The van der Waals surface area contributed by atoms with Crippen LogP contribution in [0.25, 0.3) is 0 Å². The van der Waals surface area contributed by atoms with Crippen LogP contribution in [0.1, 0.15) is 17.3 Å². The van der Waals surface area contributed by atoms with Crippen molar-refractivity contribution < 1.29 is 9.53 Å². The molecule has 0 radical (unpaired) electrons. The number of anilines is 1. The molecule has 0 fully saturated rings. The zero-order valence-electron chi connectivity index (χ0n) is 10.3. The molecule has 1 unspecified atom stereocenters. The number of carbonyl (C=O) groups excluding carboxylic acids is 1. The summed E-state index contributed by atoms with van der Waals surface area (Å²) in [6.07, 6.45) is 2.02. The van der Waals surface area contributed by atoms with Crippen molar-refractivity contribution in [2.24, 2.45) is 0 Å². The minimum atomic E-state index is -0.107. The van der Waals surface area contributed by atoms with Gasteiger partial charge >= 0.3 is 0 Å². The number of nitrogens with one attached hydrogen (secondary N) is 1. The first kappa shape index (κ1) is 13.7. The molecule has 1 amide bonds. The van der Waals surface area contributed by atoms with Gasteiger partial charge in [0.1, 0.15) is 5.75 Å². The number of ether oxygens (including phenoxy) is 1. The Hall–Kier alpha value is -1.36. The number of nitrogen functional groups attached to an aromatic ring is 1. The summed E-state index contributed by atoms with van der Waals surface area (Å²) in [5, 5.41) is 3.26. The van der Waals surface area contributed by atoms with E-state index in [-0.39, 0.29) is 5.91 Å². The van der Waals surface area contributed by atoms with Crippen LogP contribution in [-0.4, -0.2) is 31.1 Å². The molecule has 17 heavy (non-hydrogen) atoms. The van der Waals surface area contributed by atoms with Crippen LogP contribution in [0.5, 0.6) is 5.75 Å². The first-order valence-electron chi connectivity index (χ1n) is 5.33. The number of nitrogens with two attached hydrogens (primary N) is 1. The summed E-state index contributed by atoms with van der Waals surface area (Å²) >= 11 is 1.71. The molecule has 0 aliphatic rings. The van der Waals surface area contributed by atoms with Crippen molar-refractivity contribution in [1.82, 2.24) is 5.32 Å². The van der Waals surface area contributed by atoms with Crippen LogP contribution in [0.4, 0.5) is 5.69 Å². The highest BCUT2D eigenvalue weighted by atomic mass is 32.2. The monoisotopic (exact) mass is 254 g/mol. The van der Waals surface area contributed by atoms with Gasteiger partial charge in [-0.2, -0.15) is 11.8 Å². The van der Waals surface area contributed by atoms with Crippen molar-refractivity contribution in [1.29, 1.82) is 0 Å². The molecule has 0 spiro atoms. The summed E-state index contributed by atoms with van der Waals surface area (Å²) in [7, 11) is 1.53. The molecule has 0 bridgehead atoms. The van der Waals surface area contributed by atoms with E-state index in [4.69, 9.17) is 10.5 Å². The van der Waals surface area contributed by atoms with Crippen LogP contribution in [-0.2, 0) is 0 Å². The zero-order valence-corrected chi connectivity index (χ0v) is 11.1. The van der Waals surface area contributed by atoms with Crippen LogP contribution in [0.15, 0.2) is 18.2 Å². The molecule has 94 valence electrons. The number of benzene rings is 1. The summed E-state index contributed by atoms with van der Waals surface area (Å²) < 4.78 is 5.07. The molecule has 1 aromatic carbocycles. The maximum atomic E-state index is 11.8. The Balaban J connectivity index is 2.69. The Morgan fingerprint density at radius 2 is 2.29 bits per heavy atom. The standard InChI is InChI=1S/C12H18N2O2S/c1-8(17-3)7-14-12(15)9-4-5-10(13)11(6-9)16-2/h4-6,8H,7,13H2,1-3H3,(H,14,15). The SMILES string of the molecule is COc1cc(C(=O)NCC(C)SC)ccc1N. The largest absolute Gasteiger partial charge is 0.495 e. The second-order valence-corrected chi connectivity index (χ2v) is 4.99. The van der Waals surface area contributed by atoms with Gasteiger partial charge in [-0.25, -0.2) is 0 Å². The van der Waals surface area contributed by atoms with Crippen LogP contribution >= 0.6 is 11.8 Å². The third kappa shape index (κ3) is 3.85. The van der Waals surface area contributed by atoms with Crippen molar-refractivity contribution in [3.8, 4) is 5.75 Å². The lowest BCUT2D eigenvalue weighted by molar-refractivity contribution is 0.0954. The lowest BCUT2D eigenvalue weighted by Crippen LogP contribution is -2.29. The van der Waals surface area contributed by atoms with E-state index < -0.39 is 0 Å². The summed E-state index contributed by atoms with van der Waals surface area (Å²) in [6, 6.07) is 5.01. The van der Waals surface area contributed by atoms with E-state index in [0.717, 1.165) is 0 Å².